The Labute approximate surface area is 143 Å². The standard InChI is InChI=1S/C14H16Cl3N3O2/c15-14(16,17)13(18-8-21)19-5-9-4-10(7-19)11-2-1-3-12(22)20(11)6-9/h1-3,8-10,13H,4-7H2,(H,18,21)/t9-,10+,13+/m0/s1. The van der Waals surface area contributed by atoms with Crippen LogP contribution in [-0.2, 0) is 11.3 Å². The van der Waals surface area contributed by atoms with E-state index in [-0.39, 0.29) is 11.5 Å². The Hall–Kier alpha value is -0.750. The van der Waals surface area contributed by atoms with Gasteiger partial charge in [0, 0.05) is 37.3 Å². The van der Waals surface area contributed by atoms with Crippen molar-refractivity contribution in [2.45, 2.75) is 28.8 Å². The average molecular weight is 365 g/mol. The summed E-state index contributed by atoms with van der Waals surface area (Å²) in [4.78, 5) is 24.8. The van der Waals surface area contributed by atoms with Crippen molar-refractivity contribution in [1.29, 1.82) is 0 Å². The van der Waals surface area contributed by atoms with Crippen LogP contribution in [0.25, 0.3) is 0 Å². The van der Waals surface area contributed by atoms with E-state index in [1.807, 2.05) is 15.5 Å². The van der Waals surface area contributed by atoms with E-state index in [4.69, 9.17) is 34.8 Å². The highest BCUT2D eigenvalue weighted by Crippen LogP contribution is 2.39. The van der Waals surface area contributed by atoms with Gasteiger partial charge in [0.15, 0.2) is 0 Å². The summed E-state index contributed by atoms with van der Waals surface area (Å²) in [6.45, 7) is 1.98. The van der Waals surface area contributed by atoms with Crippen LogP contribution in [0.3, 0.4) is 0 Å². The first-order valence-corrected chi connectivity index (χ1v) is 8.23. The summed E-state index contributed by atoms with van der Waals surface area (Å²) in [5.41, 5.74) is 1.05. The van der Waals surface area contributed by atoms with Crippen LogP contribution in [-0.4, -0.2) is 38.9 Å². The number of aromatic nitrogens is 1. The summed E-state index contributed by atoms with van der Waals surface area (Å²) in [7, 11) is 0. The topological polar surface area (TPSA) is 54.3 Å². The number of amides is 1. The molecule has 8 heteroatoms. The number of fused-ring (bicyclic) bond motifs is 4. The monoisotopic (exact) mass is 363 g/mol. The van der Waals surface area contributed by atoms with E-state index in [1.165, 1.54) is 0 Å². The van der Waals surface area contributed by atoms with Gasteiger partial charge in [-0.25, -0.2) is 0 Å². The van der Waals surface area contributed by atoms with Crippen LogP contribution in [0, 0.1) is 5.92 Å². The maximum Gasteiger partial charge on any atom is 0.250 e. The predicted octanol–water partition coefficient (Wildman–Crippen LogP) is 1.71. The highest BCUT2D eigenvalue weighted by Gasteiger charge is 2.43. The van der Waals surface area contributed by atoms with Gasteiger partial charge in [-0.2, -0.15) is 0 Å². The van der Waals surface area contributed by atoms with Crippen LogP contribution >= 0.6 is 34.8 Å². The number of rotatable bonds is 3. The number of pyridine rings is 1. The minimum Gasteiger partial charge on any atom is -0.339 e. The van der Waals surface area contributed by atoms with Crippen molar-refractivity contribution < 1.29 is 4.79 Å². The summed E-state index contributed by atoms with van der Waals surface area (Å²) in [5.74, 6) is 0.499. The van der Waals surface area contributed by atoms with Crippen molar-refractivity contribution in [2.24, 2.45) is 5.92 Å². The third-order valence-electron chi connectivity index (χ3n) is 4.41. The largest absolute Gasteiger partial charge is 0.339 e. The van der Waals surface area contributed by atoms with Crippen molar-refractivity contribution in [3.63, 3.8) is 0 Å². The van der Waals surface area contributed by atoms with Gasteiger partial charge in [0.05, 0.1) is 0 Å². The first kappa shape index (κ1) is 16.1. The normalized spacial score (nSPS) is 26.1. The lowest BCUT2D eigenvalue weighted by Gasteiger charge is -2.46. The second kappa shape index (κ2) is 6.04. The predicted molar refractivity (Wildman–Crippen MR) is 86.4 cm³/mol. The first-order valence-electron chi connectivity index (χ1n) is 7.10. The highest BCUT2D eigenvalue weighted by molar-refractivity contribution is 6.68. The Balaban J connectivity index is 1.89. The summed E-state index contributed by atoms with van der Waals surface area (Å²) in [6.07, 6.45) is 0.880. The van der Waals surface area contributed by atoms with Crippen molar-refractivity contribution in [3.8, 4) is 0 Å². The van der Waals surface area contributed by atoms with Crippen LogP contribution in [0.5, 0.6) is 0 Å². The van der Waals surface area contributed by atoms with Crippen molar-refractivity contribution in [3.05, 3.63) is 34.2 Å². The van der Waals surface area contributed by atoms with Crippen LogP contribution in [0.1, 0.15) is 18.0 Å². The van der Waals surface area contributed by atoms with E-state index >= 15 is 0 Å². The minimum absolute atomic E-state index is 0.0320. The Morgan fingerprint density at radius 3 is 2.73 bits per heavy atom. The number of likely N-dealkylation sites (tertiary alicyclic amines) is 1. The molecule has 1 fully saturated rings. The number of halogens is 3. The smallest absolute Gasteiger partial charge is 0.250 e. The maximum absolute atomic E-state index is 12.0. The lowest BCUT2D eigenvalue weighted by atomic mass is 9.83. The minimum atomic E-state index is -1.61. The van der Waals surface area contributed by atoms with E-state index in [0.717, 1.165) is 12.1 Å². The molecule has 120 valence electrons. The van der Waals surface area contributed by atoms with Gasteiger partial charge in [0.25, 0.3) is 5.56 Å². The molecule has 22 heavy (non-hydrogen) atoms. The summed E-state index contributed by atoms with van der Waals surface area (Å²) in [5, 5.41) is 2.60. The van der Waals surface area contributed by atoms with Crippen molar-refractivity contribution in [1.82, 2.24) is 14.8 Å². The number of nitrogens with zero attached hydrogens (tertiary/aromatic N) is 2. The fourth-order valence-corrected chi connectivity index (χ4v) is 4.22. The van der Waals surface area contributed by atoms with E-state index < -0.39 is 9.96 Å². The maximum atomic E-state index is 12.0. The van der Waals surface area contributed by atoms with Crippen molar-refractivity contribution in [2.75, 3.05) is 13.1 Å². The van der Waals surface area contributed by atoms with Gasteiger partial charge >= 0.3 is 0 Å². The SMILES string of the molecule is O=CN[C@H](N1C[C@@H]2C[C@H](C1)c1cccc(=O)n1C2)C(Cl)(Cl)Cl. The second-order valence-electron chi connectivity index (χ2n) is 5.88. The highest BCUT2D eigenvalue weighted by atomic mass is 35.6. The van der Waals surface area contributed by atoms with Crippen LogP contribution in [0.2, 0.25) is 0 Å². The summed E-state index contributed by atoms with van der Waals surface area (Å²) in [6, 6.07) is 5.34. The molecule has 1 saturated heterocycles. The van der Waals surface area contributed by atoms with Crippen LogP contribution in [0.4, 0.5) is 0 Å². The number of carbonyl (C=O) groups excluding carboxylic acids is 1. The molecule has 1 N–H and O–H groups in total. The molecule has 0 aromatic carbocycles. The van der Waals surface area contributed by atoms with Gasteiger partial charge in [0.1, 0.15) is 6.17 Å². The first-order chi connectivity index (χ1) is 10.4. The molecule has 0 saturated carbocycles. The molecular weight excluding hydrogens is 349 g/mol. The molecule has 2 aliphatic rings. The molecule has 3 heterocycles. The molecule has 2 aliphatic heterocycles. The fourth-order valence-electron chi connectivity index (χ4n) is 3.62. The number of hydrogen-bond donors (Lipinski definition) is 1. The molecular formula is C14H16Cl3N3O2. The third-order valence-corrected chi connectivity index (χ3v) is 5.03. The Morgan fingerprint density at radius 1 is 1.27 bits per heavy atom. The molecule has 3 rings (SSSR count). The van der Waals surface area contributed by atoms with Gasteiger partial charge < -0.3 is 9.88 Å². The molecule has 5 nitrogen and oxygen atoms in total. The molecule has 1 aromatic heterocycles. The second-order valence-corrected chi connectivity index (χ2v) is 8.25. The molecule has 1 aromatic rings. The molecule has 3 atom stereocenters. The molecule has 0 aliphatic carbocycles. The van der Waals surface area contributed by atoms with E-state index in [9.17, 15) is 9.59 Å². The van der Waals surface area contributed by atoms with E-state index in [0.29, 0.717) is 32.0 Å². The van der Waals surface area contributed by atoms with Gasteiger partial charge in [-0.3, -0.25) is 14.5 Å². The van der Waals surface area contributed by atoms with E-state index in [2.05, 4.69) is 5.32 Å². The number of piperidine rings is 1. The number of nitrogens with one attached hydrogen (secondary N) is 1. The number of alkyl halides is 3. The van der Waals surface area contributed by atoms with E-state index in [1.54, 1.807) is 12.1 Å². The third kappa shape index (κ3) is 3.00. The van der Waals surface area contributed by atoms with Gasteiger partial charge in [-0.15, -0.1) is 0 Å². The molecule has 0 spiro atoms. The fraction of sp³-hybridized carbons (Fsp3) is 0.571. The summed E-state index contributed by atoms with van der Waals surface area (Å²) >= 11 is 18.0. The quantitative estimate of drug-likeness (QED) is 0.656. The Bertz CT molecular complexity index is 628. The molecule has 0 radical (unpaired) electrons. The van der Waals surface area contributed by atoms with Crippen molar-refractivity contribution >= 4 is 41.2 Å². The number of carbonyl (C=O) groups is 1. The molecule has 2 bridgehead atoms. The van der Waals surface area contributed by atoms with Crippen LogP contribution < -0.4 is 10.9 Å². The lowest BCUT2D eigenvalue weighted by molar-refractivity contribution is -0.111. The summed E-state index contributed by atoms with van der Waals surface area (Å²) < 4.78 is 0.233. The molecule has 1 amide bonds. The zero-order valence-electron chi connectivity index (χ0n) is 11.7. The van der Waals surface area contributed by atoms with Crippen LogP contribution in [0.15, 0.2) is 23.0 Å². The average Bonchev–Trinajstić information content (AvgIpc) is 2.44. The lowest BCUT2D eigenvalue weighted by Crippen LogP contribution is -2.59. The number of hydrogen-bond acceptors (Lipinski definition) is 3. The zero-order valence-corrected chi connectivity index (χ0v) is 14.0. The van der Waals surface area contributed by atoms with Gasteiger partial charge in [-0.05, 0) is 18.4 Å². The zero-order chi connectivity index (χ0) is 15.9. The van der Waals surface area contributed by atoms with Gasteiger partial charge in [-0.1, -0.05) is 40.9 Å². The van der Waals surface area contributed by atoms with Gasteiger partial charge in [0.2, 0.25) is 10.2 Å². The Kier molecular flexibility index (Phi) is 4.42. The molecule has 0 unspecified atom stereocenters. The Morgan fingerprint density at radius 2 is 2.05 bits per heavy atom.